The lowest BCUT2D eigenvalue weighted by atomic mass is 10.1. The molecule has 4 nitrogen and oxygen atoms in total. The molecule has 110 valence electrons. The highest BCUT2D eigenvalue weighted by Gasteiger charge is 2.12. The van der Waals surface area contributed by atoms with Gasteiger partial charge in [-0.15, -0.1) is 0 Å². The monoisotopic (exact) mass is 288 g/mol. The van der Waals surface area contributed by atoms with Crippen molar-refractivity contribution in [3.05, 3.63) is 59.0 Å². The number of pyridine rings is 1. The Bertz CT molecular complexity index is 658. The predicted octanol–water partition coefficient (Wildman–Crippen LogP) is 3.49. The normalized spacial score (nSPS) is 11.8. The van der Waals surface area contributed by atoms with E-state index in [2.05, 4.69) is 15.0 Å². The van der Waals surface area contributed by atoms with E-state index in [4.69, 9.17) is 0 Å². The number of aryl methyl sites for hydroxylation is 1. The molecule has 1 heterocycles. The van der Waals surface area contributed by atoms with Crippen molar-refractivity contribution in [2.75, 3.05) is 12.4 Å². The average molecular weight is 288 g/mol. The average Bonchev–Trinajstić information content (AvgIpc) is 2.46. The highest BCUT2D eigenvalue weighted by molar-refractivity contribution is 5.90. The minimum atomic E-state index is -0.412. The minimum Gasteiger partial charge on any atom is -0.465 e. The maximum absolute atomic E-state index is 13.2. The second kappa shape index (κ2) is 6.35. The zero-order valence-corrected chi connectivity index (χ0v) is 12.2. The lowest BCUT2D eigenvalue weighted by molar-refractivity contribution is 0.0599. The summed E-state index contributed by atoms with van der Waals surface area (Å²) in [7, 11) is 1.33. The summed E-state index contributed by atoms with van der Waals surface area (Å²) >= 11 is 0. The number of nitrogens with zero attached hydrogens (tertiary/aromatic N) is 1. The predicted molar refractivity (Wildman–Crippen MR) is 78.8 cm³/mol. The van der Waals surface area contributed by atoms with E-state index in [1.54, 1.807) is 25.1 Å². The number of ether oxygens (including phenoxy) is 1. The lowest BCUT2D eigenvalue weighted by Crippen LogP contribution is -2.11. The van der Waals surface area contributed by atoms with Crippen LogP contribution in [0.5, 0.6) is 0 Å². The molecule has 1 aromatic heterocycles. The Hall–Kier alpha value is -2.43. The van der Waals surface area contributed by atoms with Gasteiger partial charge in [0.25, 0.3) is 0 Å². The number of aromatic nitrogens is 1. The third-order valence-electron chi connectivity index (χ3n) is 3.20. The third kappa shape index (κ3) is 3.56. The van der Waals surface area contributed by atoms with Crippen molar-refractivity contribution in [2.45, 2.75) is 19.9 Å². The molecule has 0 saturated carbocycles. The number of anilines is 1. The molecule has 0 aliphatic carbocycles. The Morgan fingerprint density at radius 2 is 2.10 bits per heavy atom. The molecule has 1 N–H and O–H groups in total. The largest absolute Gasteiger partial charge is 0.465 e. The molecule has 1 aromatic carbocycles. The zero-order valence-electron chi connectivity index (χ0n) is 12.2. The highest BCUT2D eigenvalue weighted by atomic mass is 19.1. The van der Waals surface area contributed by atoms with Gasteiger partial charge in [-0.05, 0) is 43.7 Å². The van der Waals surface area contributed by atoms with Crippen molar-refractivity contribution in [3.8, 4) is 0 Å². The van der Waals surface area contributed by atoms with E-state index in [0.29, 0.717) is 17.1 Å². The quantitative estimate of drug-likeness (QED) is 0.875. The number of halogens is 1. The van der Waals surface area contributed by atoms with Gasteiger partial charge in [0.2, 0.25) is 0 Å². The number of methoxy groups -OCH3 is 1. The van der Waals surface area contributed by atoms with Crippen molar-refractivity contribution in [2.24, 2.45) is 0 Å². The molecular formula is C16H17FN2O2. The fraction of sp³-hybridized carbons (Fsp3) is 0.250. The second-order valence-electron chi connectivity index (χ2n) is 4.74. The van der Waals surface area contributed by atoms with E-state index in [9.17, 15) is 9.18 Å². The molecular weight excluding hydrogens is 271 g/mol. The van der Waals surface area contributed by atoms with Crippen LogP contribution in [0.2, 0.25) is 0 Å². The van der Waals surface area contributed by atoms with E-state index >= 15 is 0 Å². The van der Waals surface area contributed by atoms with Gasteiger partial charge in [-0.25, -0.2) is 14.2 Å². The maximum atomic E-state index is 13.2. The van der Waals surface area contributed by atoms with E-state index in [-0.39, 0.29) is 11.9 Å². The first-order valence-corrected chi connectivity index (χ1v) is 6.59. The van der Waals surface area contributed by atoms with E-state index in [1.807, 2.05) is 13.0 Å². The Morgan fingerprint density at radius 3 is 2.71 bits per heavy atom. The van der Waals surface area contributed by atoms with Gasteiger partial charge in [0.15, 0.2) is 0 Å². The number of carbonyl (C=O) groups excluding carboxylic acids is 1. The molecule has 0 radical (unpaired) electrons. The van der Waals surface area contributed by atoms with Gasteiger partial charge in [-0.2, -0.15) is 0 Å². The molecule has 0 fully saturated rings. The molecule has 5 heteroatoms. The van der Waals surface area contributed by atoms with Crippen molar-refractivity contribution in [1.29, 1.82) is 0 Å². The van der Waals surface area contributed by atoms with Crippen molar-refractivity contribution in [3.63, 3.8) is 0 Å². The highest BCUT2D eigenvalue weighted by Crippen LogP contribution is 2.20. The number of carbonyl (C=O) groups is 1. The number of esters is 1. The minimum absolute atomic E-state index is 0.100. The first kappa shape index (κ1) is 15.0. The Morgan fingerprint density at radius 1 is 1.33 bits per heavy atom. The number of hydrogen-bond donors (Lipinski definition) is 1. The fourth-order valence-corrected chi connectivity index (χ4v) is 2.05. The van der Waals surface area contributed by atoms with Crippen molar-refractivity contribution < 1.29 is 13.9 Å². The van der Waals surface area contributed by atoms with Gasteiger partial charge in [-0.1, -0.05) is 12.1 Å². The van der Waals surface area contributed by atoms with Crippen LogP contribution in [0.3, 0.4) is 0 Å². The Labute approximate surface area is 123 Å². The molecule has 1 unspecified atom stereocenters. The molecule has 0 aliphatic rings. The van der Waals surface area contributed by atoms with Crippen LogP contribution >= 0.6 is 0 Å². The summed E-state index contributed by atoms with van der Waals surface area (Å²) in [5.74, 6) is -0.0621. The summed E-state index contributed by atoms with van der Waals surface area (Å²) in [5, 5.41) is 3.18. The zero-order chi connectivity index (χ0) is 15.4. The summed E-state index contributed by atoms with van der Waals surface area (Å²) in [4.78, 5) is 15.8. The number of nitrogens with one attached hydrogen (secondary N) is 1. The van der Waals surface area contributed by atoms with Crippen LogP contribution < -0.4 is 5.32 Å². The molecule has 1 atom stereocenters. The molecule has 0 saturated heterocycles. The first-order chi connectivity index (χ1) is 10.0. The summed E-state index contributed by atoms with van der Waals surface area (Å²) in [5.41, 5.74) is 1.84. The molecule has 0 bridgehead atoms. The fourth-order valence-electron chi connectivity index (χ4n) is 2.05. The molecule has 2 rings (SSSR count). The number of benzene rings is 1. The van der Waals surface area contributed by atoms with Crippen LogP contribution in [0.15, 0.2) is 36.4 Å². The van der Waals surface area contributed by atoms with Crippen LogP contribution in [0.1, 0.15) is 34.6 Å². The summed E-state index contributed by atoms with van der Waals surface area (Å²) < 4.78 is 17.9. The van der Waals surface area contributed by atoms with E-state index in [1.165, 1.54) is 19.2 Å². The molecule has 2 aromatic rings. The number of rotatable bonds is 4. The van der Waals surface area contributed by atoms with Crippen LogP contribution in [-0.4, -0.2) is 18.1 Å². The van der Waals surface area contributed by atoms with Crippen LogP contribution in [0.25, 0.3) is 0 Å². The van der Waals surface area contributed by atoms with E-state index < -0.39 is 5.97 Å². The Kier molecular flexibility index (Phi) is 4.52. The van der Waals surface area contributed by atoms with Crippen LogP contribution in [0, 0.1) is 12.7 Å². The number of hydrogen-bond acceptors (Lipinski definition) is 4. The second-order valence-corrected chi connectivity index (χ2v) is 4.74. The first-order valence-electron chi connectivity index (χ1n) is 6.59. The molecule has 0 spiro atoms. The molecule has 21 heavy (non-hydrogen) atoms. The molecule has 0 amide bonds. The standard InChI is InChI=1S/C16H17FN2O2/c1-10(12-5-4-6-13(17)9-12)18-15-8-7-14(11(2)19-15)16(20)21-3/h4-10H,1-3H3,(H,18,19). The van der Waals surface area contributed by atoms with Gasteiger partial charge in [0, 0.05) is 0 Å². The SMILES string of the molecule is COC(=O)c1ccc(NC(C)c2cccc(F)c2)nc1C. The van der Waals surface area contributed by atoms with Gasteiger partial charge >= 0.3 is 5.97 Å². The van der Waals surface area contributed by atoms with E-state index in [0.717, 1.165) is 5.56 Å². The van der Waals surface area contributed by atoms with Crippen molar-refractivity contribution in [1.82, 2.24) is 4.98 Å². The lowest BCUT2D eigenvalue weighted by Gasteiger charge is -2.16. The maximum Gasteiger partial charge on any atom is 0.339 e. The summed E-state index contributed by atoms with van der Waals surface area (Å²) in [6, 6.07) is 9.66. The van der Waals surface area contributed by atoms with Crippen LogP contribution in [-0.2, 0) is 4.74 Å². The topological polar surface area (TPSA) is 51.2 Å². The van der Waals surface area contributed by atoms with Gasteiger partial charge in [0.05, 0.1) is 24.4 Å². The van der Waals surface area contributed by atoms with Gasteiger partial charge in [-0.3, -0.25) is 0 Å². The third-order valence-corrected chi connectivity index (χ3v) is 3.20. The van der Waals surface area contributed by atoms with Crippen LogP contribution in [0.4, 0.5) is 10.2 Å². The Balaban J connectivity index is 2.16. The summed E-state index contributed by atoms with van der Waals surface area (Å²) in [6.45, 7) is 3.66. The van der Waals surface area contributed by atoms with Gasteiger partial charge < -0.3 is 10.1 Å². The molecule has 0 aliphatic heterocycles. The van der Waals surface area contributed by atoms with Gasteiger partial charge in [0.1, 0.15) is 11.6 Å². The summed E-state index contributed by atoms with van der Waals surface area (Å²) in [6.07, 6.45) is 0. The van der Waals surface area contributed by atoms with Crippen molar-refractivity contribution >= 4 is 11.8 Å². The smallest absolute Gasteiger partial charge is 0.339 e.